The third kappa shape index (κ3) is 4.52. The van der Waals surface area contributed by atoms with Crippen molar-refractivity contribution in [3.05, 3.63) is 24.0 Å². The maximum absolute atomic E-state index is 11.7. The van der Waals surface area contributed by atoms with E-state index in [4.69, 9.17) is 5.73 Å². The molecule has 0 unspecified atom stereocenters. The van der Waals surface area contributed by atoms with E-state index in [0.29, 0.717) is 18.8 Å². The van der Waals surface area contributed by atoms with Crippen LogP contribution in [0.4, 0.5) is 5.69 Å². The second kappa shape index (κ2) is 7.09. The molecule has 1 amide bonds. The predicted molar refractivity (Wildman–Crippen MR) is 78.2 cm³/mol. The molecule has 0 aliphatic heterocycles. The van der Waals surface area contributed by atoms with Crippen LogP contribution in [-0.2, 0) is 0 Å². The number of rotatable bonds is 7. The Morgan fingerprint density at radius 1 is 1.37 bits per heavy atom. The Kier molecular flexibility index (Phi) is 5.76. The molecule has 19 heavy (non-hydrogen) atoms. The summed E-state index contributed by atoms with van der Waals surface area (Å²) in [7, 11) is 0. The Bertz CT molecular complexity index is 416. The van der Waals surface area contributed by atoms with E-state index in [1.165, 1.54) is 0 Å². The van der Waals surface area contributed by atoms with Gasteiger partial charge in [-0.2, -0.15) is 0 Å². The van der Waals surface area contributed by atoms with Crippen molar-refractivity contribution in [3.8, 4) is 0 Å². The smallest absolute Gasteiger partial charge is 0.269 e. The minimum absolute atomic E-state index is 0.156. The zero-order valence-electron chi connectivity index (χ0n) is 12.0. The molecule has 0 saturated carbocycles. The van der Waals surface area contributed by atoms with E-state index < -0.39 is 0 Å². The predicted octanol–water partition coefficient (Wildman–Crippen LogP) is 1.76. The van der Waals surface area contributed by atoms with Crippen LogP contribution in [0.25, 0.3) is 0 Å². The molecule has 0 aromatic carbocycles. The van der Waals surface area contributed by atoms with Gasteiger partial charge in [0.2, 0.25) is 0 Å². The maximum Gasteiger partial charge on any atom is 0.269 e. The molecule has 5 heteroatoms. The Labute approximate surface area is 115 Å². The van der Waals surface area contributed by atoms with Crippen LogP contribution in [0.3, 0.4) is 0 Å². The maximum atomic E-state index is 11.7. The average molecular weight is 264 g/mol. The zero-order chi connectivity index (χ0) is 14.3. The molecule has 0 bridgehead atoms. The van der Waals surface area contributed by atoms with E-state index in [0.717, 1.165) is 18.5 Å². The highest BCUT2D eigenvalue weighted by molar-refractivity contribution is 5.93. The average Bonchev–Trinajstić information content (AvgIpc) is 2.45. The number of aromatic nitrogens is 1. The summed E-state index contributed by atoms with van der Waals surface area (Å²) in [6, 6.07) is 3.59. The molecule has 1 aromatic rings. The zero-order valence-corrected chi connectivity index (χ0v) is 12.0. The lowest BCUT2D eigenvalue weighted by atomic mass is 9.94. The molecule has 1 aromatic heterocycles. The van der Waals surface area contributed by atoms with E-state index in [-0.39, 0.29) is 11.4 Å². The highest BCUT2D eigenvalue weighted by atomic mass is 16.1. The number of hydrogen-bond donors (Lipinski definition) is 3. The van der Waals surface area contributed by atoms with Gasteiger partial charge in [-0.25, -0.2) is 0 Å². The summed E-state index contributed by atoms with van der Waals surface area (Å²) in [6.07, 6.45) is 3.44. The summed E-state index contributed by atoms with van der Waals surface area (Å²) >= 11 is 0. The Balaban J connectivity index is 2.70. The number of carbonyl (C=O) groups excluding carboxylic acids is 1. The lowest BCUT2D eigenvalue weighted by molar-refractivity contribution is 0.0951. The Morgan fingerprint density at radius 3 is 2.63 bits per heavy atom. The van der Waals surface area contributed by atoms with Gasteiger partial charge in [-0.15, -0.1) is 0 Å². The third-order valence-corrected chi connectivity index (χ3v) is 3.38. The molecule has 0 saturated heterocycles. The van der Waals surface area contributed by atoms with E-state index >= 15 is 0 Å². The minimum atomic E-state index is -0.213. The van der Waals surface area contributed by atoms with Crippen molar-refractivity contribution >= 4 is 11.6 Å². The van der Waals surface area contributed by atoms with Crippen LogP contribution in [0.2, 0.25) is 0 Å². The van der Waals surface area contributed by atoms with Gasteiger partial charge in [0.1, 0.15) is 5.69 Å². The van der Waals surface area contributed by atoms with E-state index in [1.807, 2.05) is 13.0 Å². The molecular weight excluding hydrogens is 240 g/mol. The number of nitrogens with zero attached hydrogens (tertiary/aromatic N) is 1. The quantitative estimate of drug-likeness (QED) is 0.701. The van der Waals surface area contributed by atoms with Gasteiger partial charge in [-0.05, 0) is 31.9 Å². The summed E-state index contributed by atoms with van der Waals surface area (Å²) in [4.78, 5) is 15.7. The molecule has 0 fully saturated rings. The molecule has 0 aliphatic rings. The van der Waals surface area contributed by atoms with Crippen molar-refractivity contribution in [3.63, 3.8) is 0 Å². The van der Waals surface area contributed by atoms with E-state index in [1.54, 1.807) is 12.3 Å². The summed E-state index contributed by atoms with van der Waals surface area (Å²) in [5, 5.41) is 6.01. The molecule has 106 valence electrons. The summed E-state index contributed by atoms with van der Waals surface area (Å²) in [6.45, 7) is 7.32. The fourth-order valence-corrected chi connectivity index (χ4v) is 1.69. The van der Waals surface area contributed by atoms with Crippen molar-refractivity contribution in [2.75, 3.05) is 18.4 Å². The molecular formula is C14H24N4O. The van der Waals surface area contributed by atoms with Gasteiger partial charge in [-0.1, -0.05) is 13.8 Å². The Morgan fingerprint density at radius 2 is 2.05 bits per heavy atom. The number of nitrogens with two attached hydrogens (primary N) is 1. The van der Waals surface area contributed by atoms with Crippen LogP contribution in [0.15, 0.2) is 18.3 Å². The summed E-state index contributed by atoms with van der Waals surface area (Å²) < 4.78 is 0. The first-order valence-corrected chi connectivity index (χ1v) is 6.81. The van der Waals surface area contributed by atoms with Crippen molar-refractivity contribution in [2.45, 2.75) is 39.2 Å². The highest BCUT2D eigenvalue weighted by Gasteiger charge is 2.19. The first kappa shape index (κ1) is 15.4. The number of nitrogens with one attached hydrogen (secondary N) is 2. The fourth-order valence-electron chi connectivity index (χ4n) is 1.69. The largest absolute Gasteiger partial charge is 0.383 e. The standard InChI is InChI=1S/C14H24N4O/c1-4-14(15,5-2)10-18-11-7-8-17-12(9-11)13(19)16-6-3/h7-9H,4-6,10,15H2,1-3H3,(H,16,19)(H,17,18). The minimum Gasteiger partial charge on any atom is -0.383 e. The molecule has 0 spiro atoms. The van der Waals surface area contributed by atoms with Crippen molar-refractivity contribution < 1.29 is 4.79 Å². The van der Waals surface area contributed by atoms with Gasteiger partial charge >= 0.3 is 0 Å². The van der Waals surface area contributed by atoms with Crippen LogP contribution < -0.4 is 16.4 Å². The molecule has 0 aliphatic carbocycles. The van der Waals surface area contributed by atoms with Crippen molar-refractivity contribution in [2.24, 2.45) is 5.73 Å². The topological polar surface area (TPSA) is 80.0 Å². The summed E-state index contributed by atoms with van der Waals surface area (Å²) in [5.41, 5.74) is 7.31. The number of pyridine rings is 1. The fraction of sp³-hybridized carbons (Fsp3) is 0.571. The summed E-state index contributed by atoms with van der Waals surface area (Å²) in [5.74, 6) is -0.156. The molecule has 0 radical (unpaired) electrons. The SMILES string of the molecule is CCNC(=O)c1cc(NCC(N)(CC)CC)ccn1. The van der Waals surface area contributed by atoms with Crippen LogP contribution >= 0.6 is 0 Å². The Hall–Kier alpha value is -1.62. The van der Waals surface area contributed by atoms with Gasteiger partial charge in [0, 0.05) is 30.5 Å². The number of hydrogen-bond acceptors (Lipinski definition) is 4. The second-order valence-electron chi connectivity index (χ2n) is 4.71. The molecule has 4 N–H and O–H groups in total. The lowest BCUT2D eigenvalue weighted by Crippen LogP contribution is -2.45. The highest BCUT2D eigenvalue weighted by Crippen LogP contribution is 2.14. The van der Waals surface area contributed by atoms with Crippen LogP contribution in [0.5, 0.6) is 0 Å². The van der Waals surface area contributed by atoms with Crippen LogP contribution in [0.1, 0.15) is 44.1 Å². The van der Waals surface area contributed by atoms with Crippen molar-refractivity contribution in [1.29, 1.82) is 0 Å². The third-order valence-electron chi connectivity index (χ3n) is 3.38. The second-order valence-corrected chi connectivity index (χ2v) is 4.71. The molecule has 5 nitrogen and oxygen atoms in total. The van der Waals surface area contributed by atoms with Crippen LogP contribution in [-0.4, -0.2) is 29.5 Å². The number of anilines is 1. The van der Waals surface area contributed by atoms with Gasteiger partial charge in [0.05, 0.1) is 0 Å². The van der Waals surface area contributed by atoms with E-state index in [9.17, 15) is 4.79 Å². The first-order chi connectivity index (χ1) is 9.04. The number of carbonyl (C=O) groups is 1. The van der Waals surface area contributed by atoms with Crippen LogP contribution in [0, 0.1) is 0 Å². The van der Waals surface area contributed by atoms with Gasteiger partial charge in [-0.3, -0.25) is 9.78 Å². The molecule has 0 atom stereocenters. The van der Waals surface area contributed by atoms with Crippen molar-refractivity contribution in [1.82, 2.24) is 10.3 Å². The monoisotopic (exact) mass is 264 g/mol. The lowest BCUT2D eigenvalue weighted by Gasteiger charge is -2.27. The molecule has 1 rings (SSSR count). The van der Waals surface area contributed by atoms with Gasteiger partial charge in [0.15, 0.2) is 0 Å². The van der Waals surface area contributed by atoms with Gasteiger partial charge < -0.3 is 16.4 Å². The first-order valence-electron chi connectivity index (χ1n) is 6.81. The number of amides is 1. The van der Waals surface area contributed by atoms with Gasteiger partial charge in [0.25, 0.3) is 5.91 Å². The molecule has 1 heterocycles. The normalized spacial score (nSPS) is 11.2. The van der Waals surface area contributed by atoms with E-state index in [2.05, 4.69) is 29.5 Å².